The second-order valence-corrected chi connectivity index (χ2v) is 12.6. The van der Waals surface area contributed by atoms with Crippen molar-refractivity contribution in [2.45, 2.75) is 103 Å². The van der Waals surface area contributed by atoms with E-state index in [1.807, 2.05) is 0 Å². The quantitative estimate of drug-likeness (QED) is 0.0596. The third kappa shape index (κ3) is 16.3. The second kappa shape index (κ2) is 23.5. The van der Waals surface area contributed by atoms with E-state index in [1.54, 1.807) is 35.9 Å². The van der Waals surface area contributed by atoms with Crippen LogP contribution in [0, 0.1) is 5.82 Å². The first kappa shape index (κ1) is 40.4. The fourth-order valence-electron chi connectivity index (χ4n) is 4.85. The minimum absolute atomic E-state index is 0.00251. The van der Waals surface area contributed by atoms with Crippen LogP contribution in [-0.4, -0.2) is 69.0 Å². The molecule has 1 heterocycles. The van der Waals surface area contributed by atoms with E-state index in [0.29, 0.717) is 23.0 Å². The fraction of sp³-hybridized carbons (Fsp3) is 0.556. The molecule has 2 aromatic rings. The molecule has 0 spiro atoms. The molecule has 0 saturated heterocycles. The number of aromatic nitrogens is 2. The maximum atomic E-state index is 13.5. The first-order valence-corrected chi connectivity index (χ1v) is 18.0. The largest absolute Gasteiger partial charge is 0.465 e. The number of ether oxygens (including phenoxy) is 1. The molecule has 48 heavy (non-hydrogen) atoms. The molecule has 0 atom stereocenters. The second-order valence-electron chi connectivity index (χ2n) is 11.7. The lowest BCUT2D eigenvalue weighted by Crippen LogP contribution is -2.38. The number of likely N-dealkylation sites (N-methyl/N-ethyl adjacent to an activating group) is 1. The summed E-state index contributed by atoms with van der Waals surface area (Å²) in [4.78, 5) is 61.6. The fourth-order valence-corrected chi connectivity index (χ4v) is 5.81. The van der Waals surface area contributed by atoms with Crippen molar-refractivity contribution in [2.75, 3.05) is 26.7 Å². The summed E-state index contributed by atoms with van der Waals surface area (Å²) in [6, 6.07) is 6.04. The summed E-state index contributed by atoms with van der Waals surface area (Å²) in [7, 11) is 1.78. The highest BCUT2D eigenvalue weighted by atomic mass is 32.2. The van der Waals surface area contributed by atoms with Gasteiger partial charge in [0.05, 0.1) is 6.61 Å². The number of halogens is 1. The zero-order valence-electron chi connectivity index (χ0n) is 28.8. The van der Waals surface area contributed by atoms with E-state index in [-0.39, 0.29) is 44.3 Å². The highest BCUT2D eigenvalue weighted by molar-refractivity contribution is 8.13. The van der Waals surface area contributed by atoms with Crippen LogP contribution >= 0.6 is 11.8 Å². The average molecular weight is 686 g/mol. The molecule has 0 unspecified atom stereocenters. The maximum Gasteiger partial charge on any atom is 0.348 e. The van der Waals surface area contributed by atoms with Gasteiger partial charge < -0.3 is 14.5 Å². The van der Waals surface area contributed by atoms with Gasteiger partial charge >= 0.3 is 11.7 Å². The predicted octanol–water partition coefficient (Wildman–Crippen LogP) is 6.52. The third-order valence-corrected chi connectivity index (χ3v) is 8.75. The summed E-state index contributed by atoms with van der Waals surface area (Å²) in [5.74, 6) is -1.08. The van der Waals surface area contributed by atoms with E-state index in [0.717, 1.165) is 29.4 Å². The van der Waals surface area contributed by atoms with Crippen molar-refractivity contribution >= 4 is 34.7 Å². The molecule has 1 aromatic heterocycles. The third-order valence-electron chi connectivity index (χ3n) is 7.69. The number of thioether (sulfide) groups is 1. The van der Waals surface area contributed by atoms with Crippen LogP contribution in [0.3, 0.4) is 0 Å². The van der Waals surface area contributed by atoms with E-state index in [2.05, 4.69) is 23.5 Å². The average Bonchev–Trinajstić information content (AvgIpc) is 3.07. The first-order valence-electron chi connectivity index (χ1n) is 17.0. The molecule has 264 valence electrons. The molecule has 10 nitrogen and oxygen atoms in total. The van der Waals surface area contributed by atoms with Crippen LogP contribution in [0.4, 0.5) is 4.39 Å². The topological polar surface area (TPSA) is 114 Å². The monoisotopic (exact) mass is 685 g/mol. The summed E-state index contributed by atoms with van der Waals surface area (Å²) < 4.78 is 19.5. The number of aryl methyl sites for hydroxylation is 1. The van der Waals surface area contributed by atoms with Crippen molar-refractivity contribution in [3.8, 4) is 0 Å². The first-order chi connectivity index (χ1) is 23.2. The smallest absolute Gasteiger partial charge is 0.348 e. The van der Waals surface area contributed by atoms with Gasteiger partial charge in [0.2, 0.25) is 11.8 Å². The number of unbranched alkanes of at least 4 members (excludes halogenated alkanes) is 9. The predicted molar refractivity (Wildman–Crippen MR) is 190 cm³/mol. The van der Waals surface area contributed by atoms with Gasteiger partial charge in [-0.1, -0.05) is 95.2 Å². The van der Waals surface area contributed by atoms with Crippen LogP contribution in [0.5, 0.6) is 0 Å². The SMILES string of the molecule is C=CN(CC(=O)N(C)CCCCCCCCCCCC)C(=NC(=O)CCc1cnc(=O)n(CC(=O)OCC)c1)SCc1ccc(F)cc1. The van der Waals surface area contributed by atoms with Crippen LogP contribution in [0.1, 0.15) is 95.6 Å². The number of carbonyl (C=O) groups excluding carboxylic acids is 3. The molecule has 0 aliphatic carbocycles. The van der Waals surface area contributed by atoms with Crippen molar-refractivity contribution in [1.29, 1.82) is 0 Å². The lowest BCUT2D eigenvalue weighted by molar-refractivity contribution is -0.143. The summed E-state index contributed by atoms with van der Waals surface area (Å²) >= 11 is 1.25. The van der Waals surface area contributed by atoms with E-state index in [9.17, 15) is 23.6 Å². The van der Waals surface area contributed by atoms with Gasteiger partial charge in [-0.2, -0.15) is 4.99 Å². The highest BCUT2D eigenvalue weighted by Crippen LogP contribution is 2.19. The van der Waals surface area contributed by atoms with Crippen LogP contribution in [0.15, 0.2) is 59.2 Å². The van der Waals surface area contributed by atoms with Gasteiger partial charge in [-0.15, -0.1) is 0 Å². The van der Waals surface area contributed by atoms with Gasteiger partial charge in [-0.25, -0.2) is 14.2 Å². The van der Waals surface area contributed by atoms with Crippen LogP contribution in [-0.2, 0) is 37.8 Å². The number of nitrogens with zero attached hydrogens (tertiary/aromatic N) is 5. The number of amidine groups is 1. The normalized spacial score (nSPS) is 11.3. The number of hydrogen-bond donors (Lipinski definition) is 0. The van der Waals surface area contributed by atoms with Crippen LogP contribution < -0.4 is 5.69 Å². The number of hydrogen-bond acceptors (Lipinski definition) is 7. The van der Waals surface area contributed by atoms with Crippen LogP contribution in [0.25, 0.3) is 0 Å². The Balaban J connectivity index is 2.01. The Kier molecular flexibility index (Phi) is 19.8. The number of amides is 2. The number of aliphatic imine (C=N–C) groups is 1. The van der Waals surface area contributed by atoms with Gasteiger partial charge in [0.15, 0.2) is 5.17 Å². The molecule has 0 aliphatic rings. The summed E-state index contributed by atoms with van der Waals surface area (Å²) in [5.41, 5.74) is 0.803. The van der Waals surface area contributed by atoms with E-state index in [1.165, 1.54) is 87.4 Å². The summed E-state index contributed by atoms with van der Waals surface area (Å²) in [5, 5.41) is 0.297. The molecular weight excluding hydrogens is 633 g/mol. The molecule has 12 heteroatoms. The summed E-state index contributed by atoms with van der Waals surface area (Å²) in [6.07, 6.45) is 16.7. The van der Waals surface area contributed by atoms with Crippen molar-refractivity contribution in [1.82, 2.24) is 19.4 Å². The Morgan fingerprint density at radius 1 is 1.00 bits per heavy atom. The van der Waals surface area contributed by atoms with Crippen LogP contribution in [0.2, 0.25) is 0 Å². The van der Waals surface area contributed by atoms with Gasteiger partial charge in [-0.05, 0) is 49.2 Å². The number of carbonyl (C=O) groups is 3. The lowest BCUT2D eigenvalue weighted by Gasteiger charge is -2.24. The molecular formula is C36H52FN5O5S. The van der Waals surface area contributed by atoms with Gasteiger partial charge in [0, 0.05) is 38.2 Å². The minimum atomic E-state index is -0.597. The molecule has 0 aliphatic heterocycles. The standard InChI is InChI=1S/C36H52FN5O5S/c1-5-8-9-10-11-12-13-14-15-16-23-40(4)33(44)26-41(6-2)36(48-28-29-17-20-31(37)21-18-29)39-32(43)22-19-30-24-38-35(46)42(25-30)27-34(45)47-7-3/h6,17-18,20-21,24-25H,2,5,7-16,19,22-23,26-28H2,1,3-4H3. The van der Waals surface area contributed by atoms with E-state index in [4.69, 9.17) is 4.74 Å². The molecule has 0 radical (unpaired) electrons. The molecule has 2 rings (SSSR count). The Morgan fingerprint density at radius 2 is 1.65 bits per heavy atom. The van der Waals surface area contributed by atoms with Crippen molar-refractivity contribution < 1.29 is 23.5 Å². The van der Waals surface area contributed by atoms with Crippen molar-refractivity contribution in [2.24, 2.45) is 4.99 Å². The number of esters is 1. The van der Waals surface area contributed by atoms with Crippen molar-refractivity contribution in [3.05, 3.63) is 76.9 Å². The Bertz CT molecular complexity index is 1380. The van der Waals surface area contributed by atoms with Crippen molar-refractivity contribution in [3.63, 3.8) is 0 Å². The number of benzene rings is 1. The van der Waals surface area contributed by atoms with Gasteiger partial charge in [-0.3, -0.25) is 19.0 Å². The van der Waals surface area contributed by atoms with Gasteiger partial charge in [0.25, 0.3) is 0 Å². The molecule has 0 saturated carbocycles. The zero-order chi connectivity index (χ0) is 35.1. The lowest BCUT2D eigenvalue weighted by atomic mass is 10.1. The summed E-state index contributed by atoms with van der Waals surface area (Å²) in [6.45, 7) is 8.28. The Morgan fingerprint density at radius 3 is 2.27 bits per heavy atom. The molecule has 0 fully saturated rings. The molecule has 2 amide bonds. The Labute approximate surface area is 288 Å². The molecule has 0 bridgehead atoms. The van der Waals surface area contributed by atoms with E-state index >= 15 is 0 Å². The van der Waals surface area contributed by atoms with E-state index < -0.39 is 17.6 Å². The highest BCUT2D eigenvalue weighted by Gasteiger charge is 2.18. The minimum Gasteiger partial charge on any atom is -0.465 e. The zero-order valence-corrected chi connectivity index (χ0v) is 29.6. The van der Waals surface area contributed by atoms with Gasteiger partial charge in [0.1, 0.15) is 18.9 Å². The number of rotatable bonds is 22. The molecule has 1 aromatic carbocycles. The Hall–Kier alpha value is -3.80. The molecule has 0 N–H and O–H groups in total. The maximum absolute atomic E-state index is 13.5.